The second-order valence-corrected chi connectivity index (χ2v) is 16.7. The van der Waals surface area contributed by atoms with Crippen molar-refractivity contribution in [2.24, 2.45) is 0 Å². The Labute approximate surface area is 332 Å². The second kappa shape index (κ2) is 12.1. The van der Waals surface area contributed by atoms with Crippen molar-refractivity contribution < 1.29 is 8.81 Å². The van der Waals surface area contributed by atoms with Gasteiger partial charge in [-0.1, -0.05) is 143 Å². The predicted octanol–water partition coefficient (Wildman–Crippen LogP) is 15.1. The van der Waals surface area contributed by atoms with Crippen LogP contribution in [0.25, 0.3) is 66.4 Å². The lowest BCUT2D eigenvalue weighted by atomic mass is 9.82. The average molecular weight is 738 g/mol. The van der Waals surface area contributed by atoms with Gasteiger partial charge in [-0.25, -0.2) is 4.39 Å². The number of rotatable bonds is 5. The second-order valence-electron chi connectivity index (χ2n) is 16.7. The fraction of sp³-hybridized carbons (Fsp3) is 0.111. The molecule has 2 nitrogen and oxygen atoms in total. The van der Waals surface area contributed by atoms with Crippen LogP contribution in [0.1, 0.15) is 49.9 Å². The SMILES string of the molecule is CC1(C)c2cc(F)ccc2-c2ccc(N(c3ccc(-c4cccc5c4-c4ccccc4C5(C)C)cc3)c3ccc(-c4cccc5c4oc4ccccc45)cc3)cc21. The Kier molecular flexibility index (Phi) is 7.16. The van der Waals surface area contributed by atoms with E-state index >= 15 is 0 Å². The molecule has 1 heterocycles. The van der Waals surface area contributed by atoms with E-state index < -0.39 is 0 Å². The van der Waals surface area contributed by atoms with E-state index in [2.05, 4.69) is 172 Å². The molecule has 0 N–H and O–H groups in total. The fourth-order valence-electron chi connectivity index (χ4n) is 9.83. The van der Waals surface area contributed by atoms with Gasteiger partial charge in [0.1, 0.15) is 17.0 Å². The van der Waals surface area contributed by atoms with Gasteiger partial charge in [0.05, 0.1) is 0 Å². The number of benzene rings is 8. The average Bonchev–Trinajstić information content (AvgIpc) is 3.81. The van der Waals surface area contributed by atoms with E-state index in [1.54, 1.807) is 12.1 Å². The molecule has 0 radical (unpaired) electrons. The third-order valence-electron chi connectivity index (χ3n) is 12.8. The van der Waals surface area contributed by atoms with Gasteiger partial charge < -0.3 is 9.32 Å². The van der Waals surface area contributed by atoms with E-state index in [-0.39, 0.29) is 16.6 Å². The van der Waals surface area contributed by atoms with Crippen LogP contribution in [0.5, 0.6) is 0 Å². The first-order chi connectivity index (χ1) is 27.7. The molecule has 3 heteroatoms. The van der Waals surface area contributed by atoms with E-state index in [0.717, 1.165) is 66.8 Å². The highest BCUT2D eigenvalue weighted by Crippen LogP contribution is 2.53. The van der Waals surface area contributed by atoms with Crippen molar-refractivity contribution in [3.63, 3.8) is 0 Å². The molecule has 0 amide bonds. The van der Waals surface area contributed by atoms with Crippen molar-refractivity contribution in [3.05, 3.63) is 198 Å². The molecule has 0 aliphatic heterocycles. The molecule has 2 aliphatic rings. The Morgan fingerprint density at radius 2 is 0.965 bits per heavy atom. The summed E-state index contributed by atoms with van der Waals surface area (Å²) in [6, 6.07) is 59.9. The van der Waals surface area contributed by atoms with Gasteiger partial charge in [0.25, 0.3) is 0 Å². The number of furan rings is 1. The molecule has 2 aliphatic carbocycles. The van der Waals surface area contributed by atoms with Crippen LogP contribution in [0.2, 0.25) is 0 Å². The molecule has 0 fully saturated rings. The van der Waals surface area contributed by atoms with Crippen LogP contribution in [0, 0.1) is 5.82 Å². The van der Waals surface area contributed by atoms with Crippen molar-refractivity contribution in [3.8, 4) is 44.5 Å². The first-order valence-corrected chi connectivity index (χ1v) is 19.8. The predicted molar refractivity (Wildman–Crippen MR) is 234 cm³/mol. The van der Waals surface area contributed by atoms with Gasteiger partial charge in [-0.3, -0.25) is 0 Å². The zero-order valence-corrected chi connectivity index (χ0v) is 32.4. The molecule has 0 atom stereocenters. The maximum atomic E-state index is 14.6. The minimum atomic E-state index is -0.356. The monoisotopic (exact) mass is 737 g/mol. The highest BCUT2D eigenvalue weighted by atomic mass is 19.1. The number of halogens is 1. The number of hydrogen-bond donors (Lipinski definition) is 0. The zero-order chi connectivity index (χ0) is 38.6. The van der Waals surface area contributed by atoms with Crippen molar-refractivity contribution >= 4 is 39.0 Å². The van der Waals surface area contributed by atoms with E-state index in [0.29, 0.717) is 0 Å². The van der Waals surface area contributed by atoms with Gasteiger partial charge in [0.15, 0.2) is 0 Å². The van der Waals surface area contributed by atoms with Crippen LogP contribution in [-0.2, 0) is 10.8 Å². The Morgan fingerprint density at radius 1 is 0.421 bits per heavy atom. The molecule has 274 valence electrons. The molecule has 1 aromatic heterocycles. The first kappa shape index (κ1) is 33.6. The van der Waals surface area contributed by atoms with Gasteiger partial charge in [0.2, 0.25) is 0 Å². The van der Waals surface area contributed by atoms with Crippen LogP contribution >= 0.6 is 0 Å². The van der Waals surface area contributed by atoms with Crippen LogP contribution < -0.4 is 4.90 Å². The summed E-state index contributed by atoms with van der Waals surface area (Å²) >= 11 is 0. The summed E-state index contributed by atoms with van der Waals surface area (Å²) in [4.78, 5) is 2.34. The maximum absolute atomic E-state index is 14.6. The summed E-state index contributed by atoms with van der Waals surface area (Å²) in [5, 5.41) is 2.24. The summed E-state index contributed by atoms with van der Waals surface area (Å²) in [5.41, 5.74) is 19.0. The highest BCUT2D eigenvalue weighted by molar-refractivity contribution is 6.09. The van der Waals surface area contributed by atoms with E-state index in [1.165, 1.54) is 38.9 Å². The molecule has 9 aromatic rings. The molecule has 8 aromatic carbocycles. The van der Waals surface area contributed by atoms with Crippen molar-refractivity contribution in [1.82, 2.24) is 0 Å². The molecular weight excluding hydrogens is 698 g/mol. The Hall–Kier alpha value is -6.71. The summed E-state index contributed by atoms with van der Waals surface area (Å²) in [6.45, 7) is 9.06. The Balaban J connectivity index is 1.04. The van der Waals surface area contributed by atoms with Crippen LogP contribution in [-0.4, -0.2) is 0 Å². The number of fused-ring (bicyclic) bond motifs is 9. The molecule has 0 bridgehead atoms. The number of nitrogens with zero attached hydrogens (tertiary/aromatic N) is 1. The third kappa shape index (κ3) is 4.95. The van der Waals surface area contributed by atoms with Crippen molar-refractivity contribution in [1.29, 1.82) is 0 Å². The Bertz CT molecular complexity index is 3080. The lowest BCUT2D eigenvalue weighted by molar-refractivity contribution is 0.609. The number of para-hydroxylation sites is 2. The number of hydrogen-bond acceptors (Lipinski definition) is 2. The summed E-state index contributed by atoms with van der Waals surface area (Å²) in [5.74, 6) is -0.203. The molecule has 0 saturated heterocycles. The quantitative estimate of drug-likeness (QED) is 0.175. The molecule has 11 rings (SSSR count). The van der Waals surface area contributed by atoms with E-state index in [9.17, 15) is 4.39 Å². The standard InChI is InChI=1S/C54H40FNO/c1-53(2)46-16-7-5-12-45(46)51-39(13-10-17-47(51)53)33-19-24-36(25-20-33)56(38-28-30-42-41-29-23-35(55)31-48(41)54(3,4)49(42)32-38)37-26-21-34(22-27-37)40-14-9-15-44-43-11-6-8-18-50(43)57-52(40)44/h5-32H,1-4H3. The fourth-order valence-corrected chi connectivity index (χ4v) is 9.83. The van der Waals surface area contributed by atoms with Gasteiger partial charge in [-0.05, 0) is 116 Å². The molecule has 0 saturated carbocycles. The van der Waals surface area contributed by atoms with Crippen molar-refractivity contribution in [2.45, 2.75) is 38.5 Å². The molecule has 0 unspecified atom stereocenters. The maximum Gasteiger partial charge on any atom is 0.143 e. The smallest absolute Gasteiger partial charge is 0.143 e. The lowest BCUT2D eigenvalue weighted by Crippen LogP contribution is -2.16. The summed E-state index contributed by atoms with van der Waals surface area (Å²) in [6.07, 6.45) is 0. The van der Waals surface area contributed by atoms with Crippen LogP contribution in [0.15, 0.2) is 174 Å². The van der Waals surface area contributed by atoms with Gasteiger partial charge >= 0.3 is 0 Å². The normalized spacial score (nSPS) is 14.3. The molecular formula is C54H40FNO. The topological polar surface area (TPSA) is 16.4 Å². The van der Waals surface area contributed by atoms with Crippen LogP contribution in [0.3, 0.4) is 0 Å². The highest BCUT2D eigenvalue weighted by Gasteiger charge is 2.38. The first-order valence-electron chi connectivity index (χ1n) is 19.8. The van der Waals surface area contributed by atoms with E-state index in [4.69, 9.17) is 4.42 Å². The Morgan fingerprint density at radius 3 is 1.74 bits per heavy atom. The van der Waals surface area contributed by atoms with Gasteiger partial charge in [0, 0.05) is 44.2 Å². The largest absolute Gasteiger partial charge is 0.455 e. The van der Waals surface area contributed by atoms with E-state index in [1.807, 2.05) is 18.2 Å². The summed E-state index contributed by atoms with van der Waals surface area (Å²) < 4.78 is 21.0. The van der Waals surface area contributed by atoms with Crippen LogP contribution in [0.4, 0.5) is 21.5 Å². The molecule has 0 spiro atoms. The minimum Gasteiger partial charge on any atom is -0.455 e. The molecule has 57 heavy (non-hydrogen) atoms. The number of anilines is 3. The zero-order valence-electron chi connectivity index (χ0n) is 32.4. The van der Waals surface area contributed by atoms with Gasteiger partial charge in [-0.2, -0.15) is 0 Å². The third-order valence-corrected chi connectivity index (χ3v) is 12.8. The lowest BCUT2D eigenvalue weighted by Gasteiger charge is -2.28. The van der Waals surface area contributed by atoms with Crippen molar-refractivity contribution in [2.75, 3.05) is 4.90 Å². The summed E-state index contributed by atoms with van der Waals surface area (Å²) in [7, 11) is 0. The minimum absolute atomic E-state index is 0.0620. The van der Waals surface area contributed by atoms with Gasteiger partial charge in [-0.15, -0.1) is 0 Å².